The van der Waals surface area contributed by atoms with Gasteiger partial charge in [-0.2, -0.15) is 5.10 Å². The minimum atomic E-state index is -0.706. The van der Waals surface area contributed by atoms with Crippen molar-refractivity contribution < 1.29 is 19.1 Å². The lowest BCUT2D eigenvalue weighted by Crippen LogP contribution is -2.30. The molecule has 0 saturated heterocycles. The van der Waals surface area contributed by atoms with Gasteiger partial charge in [0.25, 0.3) is 11.8 Å². The van der Waals surface area contributed by atoms with Crippen molar-refractivity contribution in [2.45, 2.75) is 6.92 Å². The molecule has 1 aromatic heterocycles. The average Bonchev–Trinajstić information content (AvgIpc) is 3.02. The van der Waals surface area contributed by atoms with Crippen molar-refractivity contribution in [3.63, 3.8) is 0 Å². The van der Waals surface area contributed by atoms with E-state index in [0.29, 0.717) is 5.69 Å². The standard InChI is InChI=1S/C14H11N3O4/c1-2-21-14(20)11-9-10(15-16-11)13(19)17(12(9)18)8-6-4-3-5-7-8/h3-7H,2H2,1H3,(H,15,16). The summed E-state index contributed by atoms with van der Waals surface area (Å²) in [6.45, 7) is 1.81. The Morgan fingerprint density at radius 1 is 1.24 bits per heavy atom. The normalized spacial score (nSPS) is 13.5. The minimum Gasteiger partial charge on any atom is -0.461 e. The molecule has 0 aliphatic carbocycles. The van der Waals surface area contributed by atoms with Crippen molar-refractivity contribution in [2.24, 2.45) is 0 Å². The Bertz CT molecular complexity index is 736. The molecule has 0 atom stereocenters. The van der Waals surface area contributed by atoms with Gasteiger partial charge in [0.1, 0.15) is 5.56 Å². The van der Waals surface area contributed by atoms with Crippen molar-refractivity contribution in [3.05, 3.63) is 47.3 Å². The molecular weight excluding hydrogens is 274 g/mol. The largest absolute Gasteiger partial charge is 0.461 e. The quantitative estimate of drug-likeness (QED) is 0.679. The molecule has 3 rings (SSSR count). The summed E-state index contributed by atoms with van der Waals surface area (Å²) in [5.41, 5.74) is 0.234. The lowest BCUT2D eigenvalue weighted by molar-refractivity contribution is 0.0516. The topological polar surface area (TPSA) is 92.4 Å². The van der Waals surface area contributed by atoms with Crippen molar-refractivity contribution in [1.82, 2.24) is 10.2 Å². The molecule has 0 radical (unpaired) electrons. The van der Waals surface area contributed by atoms with Crippen LogP contribution >= 0.6 is 0 Å². The van der Waals surface area contributed by atoms with Crippen LogP contribution in [0.2, 0.25) is 0 Å². The third-order valence-electron chi connectivity index (χ3n) is 3.08. The fourth-order valence-electron chi connectivity index (χ4n) is 2.18. The Labute approximate surface area is 119 Å². The van der Waals surface area contributed by atoms with Gasteiger partial charge in [-0.1, -0.05) is 18.2 Å². The fraction of sp³-hybridized carbons (Fsp3) is 0.143. The molecule has 7 heteroatoms. The predicted molar refractivity (Wildman–Crippen MR) is 72.1 cm³/mol. The highest BCUT2D eigenvalue weighted by molar-refractivity contribution is 6.35. The molecule has 0 spiro atoms. The third kappa shape index (κ3) is 1.90. The first kappa shape index (κ1) is 13.0. The van der Waals surface area contributed by atoms with Crippen molar-refractivity contribution in [1.29, 1.82) is 0 Å². The van der Waals surface area contributed by atoms with Crippen molar-refractivity contribution in [2.75, 3.05) is 11.5 Å². The Morgan fingerprint density at radius 2 is 1.95 bits per heavy atom. The maximum atomic E-state index is 12.4. The van der Waals surface area contributed by atoms with E-state index in [9.17, 15) is 14.4 Å². The number of H-pyrrole nitrogens is 1. The van der Waals surface area contributed by atoms with Crippen LogP contribution in [0.3, 0.4) is 0 Å². The van der Waals surface area contributed by atoms with E-state index in [1.54, 1.807) is 37.3 Å². The number of nitrogens with one attached hydrogen (secondary N) is 1. The van der Waals surface area contributed by atoms with E-state index in [1.165, 1.54) is 0 Å². The monoisotopic (exact) mass is 285 g/mol. The number of benzene rings is 1. The summed E-state index contributed by atoms with van der Waals surface area (Å²) >= 11 is 0. The van der Waals surface area contributed by atoms with E-state index in [1.807, 2.05) is 0 Å². The van der Waals surface area contributed by atoms with Gasteiger partial charge in [0.15, 0.2) is 11.4 Å². The van der Waals surface area contributed by atoms with Crippen LogP contribution in [-0.4, -0.2) is 34.6 Å². The number of fused-ring (bicyclic) bond motifs is 1. The van der Waals surface area contributed by atoms with Crippen LogP contribution in [0.25, 0.3) is 0 Å². The number of carbonyl (C=O) groups excluding carboxylic acids is 3. The molecule has 2 heterocycles. The fourth-order valence-corrected chi connectivity index (χ4v) is 2.18. The maximum absolute atomic E-state index is 12.4. The van der Waals surface area contributed by atoms with Crippen LogP contribution in [0, 0.1) is 0 Å². The summed E-state index contributed by atoms with van der Waals surface area (Å²) < 4.78 is 4.84. The Balaban J connectivity index is 2.04. The summed E-state index contributed by atoms with van der Waals surface area (Å²) in [4.78, 5) is 37.5. The van der Waals surface area contributed by atoms with E-state index in [0.717, 1.165) is 4.90 Å². The van der Waals surface area contributed by atoms with E-state index in [-0.39, 0.29) is 23.6 Å². The van der Waals surface area contributed by atoms with Gasteiger partial charge in [-0.25, -0.2) is 9.69 Å². The van der Waals surface area contributed by atoms with Gasteiger partial charge in [0.2, 0.25) is 0 Å². The van der Waals surface area contributed by atoms with Crippen LogP contribution < -0.4 is 4.90 Å². The lowest BCUT2D eigenvalue weighted by atomic mass is 10.2. The first-order valence-corrected chi connectivity index (χ1v) is 6.34. The van der Waals surface area contributed by atoms with E-state index in [2.05, 4.69) is 10.2 Å². The molecule has 1 aliphatic rings. The summed E-state index contributed by atoms with van der Waals surface area (Å²) in [6.07, 6.45) is 0. The number of aromatic nitrogens is 2. The Morgan fingerprint density at radius 3 is 2.62 bits per heavy atom. The third-order valence-corrected chi connectivity index (χ3v) is 3.08. The van der Waals surface area contributed by atoms with Crippen LogP contribution in [0.5, 0.6) is 0 Å². The summed E-state index contributed by atoms with van der Waals surface area (Å²) in [6, 6.07) is 8.47. The molecule has 1 N–H and O–H groups in total. The number of para-hydroxylation sites is 1. The average molecular weight is 285 g/mol. The van der Waals surface area contributed by atoms with Crippen LogP contribution in [0.4, 0.5) is 5.69 Å². The van der Waals surface area contributed by atoms with Gasteiger partial charge in [0.05, 0.1) is 12.3 Å². The number of hydrogen-bond donors (Lipinski definition) is 1. The minimum absolute atomic E-state index is 0.0395. The second-order valence-corrected chi connectivity index (χ2v) is 4.32. The smallest absolute Gasteiger partial charge is 0.357 e. The summed E-state index contributed by atoms with van der Waals surface area (Å²) in [5, 5.41) is 6.17. The van der Waals surface area contributed by atoms with E-state index in [4.69, 9.17) is 4.74 Å². The van der Waals surface area contributed by atoms with Crippen LogP contribution in [-0.2, 0) is 4.74 Å². The second kappa shape index (κ2) is 4.86. The number of esters is 1. The zero-order chi connectivity index (χ0) is 15.0. The number of imide groups is 1. The number of rotatable bonds is 3. The van der Waals surface area contributed by atoms with Gasteiger partial charge in [0, 0.05) is 0 Å². The van der Waals surface area contributed by atoms with Gasteiger partial charge in [-0.05, 0) is 19.1 Å². The highest BCUT2D eigenvalue weighted by Crippen LogP contribution is 2.29. The Hall–Kier alpha value is -2.96. The van der Waals surface area contributed by atoms with E-state index < -0.39 is 17.8 Å². The molecule has 106 valence electrons. The zero-order valence-corrected chi connectivity index (χ0v) is 11.1. The van der Waals surface area contributed by atoms with Gasteiger partial charge < -0.3 is 4.74 Å². The molecule has 0 bridgehead atoms. The molecule has 1 aromatic carbocycles. The zero-order valence-electron chi connectivity index (χ0n) is 11.1. The summed E-state index contributed by atoms with van der Waals surface area (Å²) in [7, 11) is 0. The van der Waals surface area contributed by atoms with Gasteiger partial charge in [-0.3, -0.25) is 14.7 Å². The highest BCUT2D eigenvalue weighted by atomic mass is 16.5. The van der Waals surface area contributed by atoms with Crippen LogP contribution in [0.15, 0.2) is 30.3 Å². The lowest BCUT2D eigenvalue weighted by Gasteiger charge is -2.13. The highest BCUT2D eigenvalue weighted by Gasteiger charge is 2.43. The van der Waals surface area contributed by atoms with Gasteiger partial charge >= 0.3 is 5.97 Å². The molecule has 0 saturated carbocycles. The molecule has 21 heavy (non-hydrogen) atoms. The second-order valence-electron chi connectivity index (χ2n) is 4.32. The van der Waals surface area contributed by atoms with Crippen molar-refractivity contribution >= 4 is 23.5 Å². The summed E-state index contributed by atoms with van der Waals surface area (Å²) in [5.74, 6) is -1.85. The number of amides is 2. The Kier molecular flexibility index (Phi) is 3.02. The molecule has 0 fully saturated rings. The number of aromatic amines is 1. The predicted octanol–water partition coefficient (Wildman–Crippen LogP) is 1.39. The molecule has 1 aliphatic heterocycles. The number of carbonyl (C=O) groups is 3. The number of ether oxygens (including phenoxy) is 1. The SMILES string of the molecule is CCOC(=O)c1[nH]nc2c1C(=O)N(c1ccccc1)C2=O. The first-order valence-electron chi connectivity index (χ1n) is 6.34. The molecule has 2 aromatic rings. The van der Waals surface area contributed by atoms with Gasteiger partial charge in [-0.15, -0.1) is 0 Å². The molecular formula is C14H11N3O4. The van der Waals surface area contributed by atoms with E-state index >= 15 is 0 Å². The van der Waals surface area contributed by atoms with Crippen molar-refractivity contribution in [3.8, 4) is 0 Å². The molecule has 2 amide bonds. The maximum Gasteiger partial charge on any atom is 0.357 e. The molecule has 7 nitrogen and oxygen atoms in total. The number of anilines is 1. The molecule has 0 unspecified atom stereocenters. The first-order chi connectivity index (χ1) is 10.1. The van der Waals surface area contributed by atoms with Crippen LogP contribution in [0.1, 0.15) is 38.3 Å². The number of nitrogens with zero attached hydrogens (tertiary/aromatic N) is 2. The number of hydrogen-bond acceptors (Lipinski definition) is 5.